The van der Waals surface area contributed by atoms with E-state index in [1.54, 1.807) is 0 Å². The third kappa shape index (κ3) is 3.59. The number of nitrogens with zero attached hydrogens (tertiary/aromatic N) is 1. The quantitative estimate of drug-likeness (QED) is 0.881. The number of benzene rings is 1. The summed E-state index contributed by atoms with van der Waals surface area (Å²) in [5.41, 5.74) is 6.55. The molecule has 1 aliphatic rings. The van der Waals surface area contributed by atoms with Crippen LogP contribution in [-0.2, 0) is 11.3 Å². The molecule has 1 aromatic carbocycles. The lowest BCUT2D eigenvalue weighted by molar-refractivity contribution is 0.0322. The fraction of sp³-hybridized carbons (Fsp3) is 0.538. The monoisotopic (exact) mass is 270 g/mol. The lowest BCUT2D eigenvalue weighted by Gasteiger charge is -2.26. The van der Waals surface area contributed by atoms with E-state index < -0.39 is 0 Å². The Labute approximate surface area is 113 Å². The molecule has 4 nitrogen and oxygen atoms in total. The van der Waals surface area contributed by atoms with Crippen molar-refractivity contribution in [3.63, 3.8) is 0 Å². The Morgan fingerprint density at radius 3 is 2.83 bits per heavy atom. The molecule has 5 heteroatoms. The number of hydrogen-bond donors (Lipinski definition) is 1. The van der Waals surface area contributed by atoms with Gasteiger partial charge in [-0.2, -0.15) is 0 Å². The van der Waals surface area contributed by atoms with Crippen molar-refractivity contribution < 1.29 is 9.47 Å². The Kier molecular flexibility index (Phi) is 5.26. The van der Waals surface area contributed by atoms with Crippen molar-refractivity contribution in [2.75, 3.05) is 39.5 Å². The fourth-order valence-corrected chi connectivity index (χ4v) is 2.22. The Bertz CT molecular complexity index is 381. The van der Waals surface area contributed by atoms with Gasteiger partial charge in [0.2, 0.25) is 0 Å². The van der Waals surface area contributed by atoms with Crippen LogP contribution in [0.25, 0.3) is 0 Å². The molecule has 0 radical (unpaired) electrons. The maximum atomic E-state index is 6.07. The first-order chi connectivity index (χ1) is 8.81. The van der Waals surface area contributed by atoms with Crippen molar-refractivity contribution in [2.24, 2.45) is 5.73 Å². The van der Waals surface area contributed by atoms with Crippen molar-refractivity contribution in [1.29, 1.82) is 0 Å². The van der Waals surface area contributed by atoms with Crippen LogP contribution in [0, 0.1) is 0 Å². The van der Waals surface area contributed by atoms with E-state index in [9.17, 15) is 0 Å². The average molecular weight is 271 g/mol. The van der Waals surface area contributed by atoms with Gasteiger partial charge in [0.25, 0.3) is 0 Å². The van der Waals surface area contributed by atoms with Crippen LogP contribution in [0.2, 0.25) is 5.02 Å². The van der Waals surface area contributed by atoms with E-state index >= 15 is 0 Å². The molecule has 0 atom stereocenters. The third-order valence-electron chi connectivity index (χ3n) is 3.05. The van der Waals surface area contributed by atoms with Gasteiger partial charge in [-0.1, -0.05) is 17.7 Å². The summed E-state index contributed by atoms with van der Waals surface area (Å²) < 4.78 is 11.1. The minimum atomic E-state index is 0.395. The van der Waals surface area contributed by atoms with Crippen molar-refractivity contribution in [2.45, 2.75) is 6.54 Å². The highest BCUT2D eigenvalue weighted by molar-refractivity contribution is 6.31. The number of halogens is 1. The third-order valence-corrected chi connectivity index (χ3v) is 3.40. The Balaban J connectivity index is 1.84. The van der Waals surface area contributed by atoms with Gasteiger partial charge < -0.3 is 15.2 Å². The van der Waals surface area contributed by atoms with Crippen LogP contribution in [0.4, 0.5) is 0 Å². The molecule has 1 fully saturated rings. The van der Waals surface area contributed by atoms with E-state index in [1.165, 1.54) is 0 Å². The van der Waals surface area contributed by atoms with Gasteiger partial charge in [-0.15, -0.1) is 0 Å². The second kappa shape index (κ2) is 6.95. The predicted molar refractivity (Wildman–Crippen MR) is 72.1 cm³/mol. The minimum Gasteiger partial charge on any atom is -0.492 e. The van der Waals surface area contributed by atoms with Crippen LogP contribution in [0.5, 0.6) is 5.75 Å². The van der Waals surface area contributed by atoms with Gasteiger partial charge in [-0.05, 0) is 12.1 Å². The summed E-state index contributed by atoms with van der Waals surface area (Å²) in [4.78, 5) is 2.33. The van der Waals surface area contributed by atoms with Crippen molar-refractivity contribution in [1.82, 2.24) is 4.90 Å². The van der Waals surface area contributed by atoms with Crippen LogP contribution in [0.1, 0.15) is 5.56 Å². The molecule has 100 valence electrons. The van der Waals surface area contributed by atoms with E-state index in [2.05, 4.69) is 4.90 Å². The maximum absolute atomic E-state index is 6.07. The minimum absolute atomic E-state index is 0.395. The highest BCUT2D eigenvalue weighted by atomic mass is 35.5. The molecular formula is C13H19ClN2O2. The van der Waals surface area contributed by atoms with E-state index in [-0.39, 0.29) is 0 Å². The fourth-order valence-electron chi connectivity index (χ4n) is 1.98. The molecule has 0 amide bonds. The predicted octanol–water partition coefficient (Wildman–Crippen LogP) is 1.51. The first kappa shape index (κ1) is 13.6. The SMILES string of the molecule is NCc1c(Cl)cccc1OCCN1CCOCC1. The lowest BCUT2D eigenvalue weighted by atomic mass is 10.2. The van der Waals surface area contributed by atoms with Crippen LogP contribution < -0.4 is 10.5 Å². The van der Waals surface area contributed by atoms with Crippen LogP contribution >= 0.6 is 11.6 Å². The molecule has 0 bridgehead atoms. The Morgan fingerprint density at radius 2 is 2.11 bits per heavy atom. The van der Waals surface area contributed by atoms with Gasteiger partial charge in [-0.3, -0.25) is 4.90 Å². The molecule has 18 heavy (non-hydrogen) atoms. The molecule has 1 saturated heterocycles. The maximum Gasteiger partial charge on any atom is 0.125 e. The highest BCUT2D eigenvalue weighted by Crippen LogP contribution is 2.25. The summed E-state index contributed by atoms with van der Waals surface area (Å²) in [6.07, 6.45) is 0. The second-order valence-electron chi connectivity index (χ2n) is 4.22. The molecule has 0 saturated carbocycles. The van der Waals surface area contributed by atoms with Gasteiger partial charge >= 0.3 is 0 Å². The first-order valence-electron chi connectivity index (χ1n) is 6.21. The van der Waals surface area contributed by atoms with E-state index in [0.29, 0.717) is 18.2 Å². The van der Waals surface area contributed by atoms with Crippen LogP contribution in [0.3, 0.4) is 0 Å². The summed E-state index contributed by atoms with van der Waals surface area (Å²) in [7, 11) is 0. The standard InChI is InChI=1S/C13H19ClN2O2/c14-12-2-1-3-13(11(12)10-15)18-9-6-16-4-7-17-8-5-16/h1-3H,4-10,15H2. The van der Waals surface area contributed by atoms with Crippen LogP contribution in [-0.4, -0.2) is 44.4 Å². The van der Waals surface area contributed by atoms with E-state index in [1.807, 2.05) is 18.2 Å². The Hall–Kier alpha value is -0.810. The summed E-state index contributed by atoms with van der Waals surface area (Å²) >= 11 is 6.07. The normalized spacial score (nSPS) is 16.8. The topological polar surface area (TPSA) is 47.7 Å². The van der Waals surface area contributed by atoms with E-state index in [4.69, 9.17) is 26.8 Å². The number of rotatable bonds is 5. The van der Waals surface area contributed by atoms with Gasteiger partial charge in [0, 0.05) is 36.8 Å². The molecule has 1 aliphatic heterocycles. The van der Waals surface area contributed by atoms with Crippen molar-refractivity contribution in [3.8, 4) is 5.75 Å². The molecular weight excluding hydrogens is 252 g/mol. The largest absolute Gasteiger partial charge is 0.492 e. The zero-order chi connectivity index (χ0) is 12.8. The average Bonchev–Trinajstić information content (AvgIpc) is 2.40. The molecule has 2 rings (SSSR count). The number of hydrogen-bond acceptors (Lipinski definition) is 4. The van der Waals surface area contributed by atoms with Crippen LogP contribution in [0.15, 0.2) is 18.2 Å². The molecule has 0 aromatic heterocycles. The smallest absolute Gasteiger partial charge is 0.125 e. The zero-order valence-corrected chi connectivity index (χ0v) is 11.2. The molecule has 0 unspecified atom stereocenters. The molecule has 0 spiro atoms. The molecule has 0 aliphatic carbocycles. The second-order valence-corrected chi connectivity index (χ2v) is 4.63. The van der Waals surface area contributed by atoms with Crippen molar-refractivity contribution >= 4 is 11.6 Å². The number of morpholine rings is 1. The summed E-state index contributed by atoms with van der Waals surface area (Å²) in [5.74, 6) is 0.790. The lowest BCUT2D eigenvalue weighted by Crippen LogP contribution is -2.38. The van der Waals surface area contributed by atoms with E-state index in [0.717, 1.165) is 44.2 Å². The molecule has 1 heterocycles. The Morgan fingerprint density at radius 1 is 1.33 bits per heavy atom. The van der Waals surface area contributed by atoms with Gasteiger partial charge in [0.1, 0.15) is 12.4 Å². The summed E-state index contributed by atoms with van der Waals surface area (Å²) in [6, 6.07) is 5.62. The first-order valence-corrected chi connectivity index (χ1v) is 6.59. The van der Waals surface area contributed by atoms with Gasteiger partial charge in [-0.25, -0.2) is 0 Å². The molecule has 1 aromatic rings. The highest BCUT2D eigenvalue weighted by Gasteiger charge is 2.11. The number of ether oxygens (including phenoxy) is 2. The van der Waals surface area contributed by atoms with Gasteiger partial charge in [0.05, 0.1) is 13.2 Å². The molecule has 2 N–H and O–H groups in total. The zero-order valence-electron chi connectivity index (χ0n) is 10.4. The number of nitrogens with two attached hydrogens (primary N) is 1. The summed E-state index contributed by atoms with van der Waals surface area (Å²) in [5, 5.41) is 0.668. The summed E-state index contributed by atoms with van der Waals surface area (Å²) in [6.45, 7) is 5.52. The van der Waals surface area contributed by atoms with Gasteiger partial charge in [0.15, 0.2) is 0 Å². The van der Waals surface area contributed by atoms with Crippen molar-refractivity contribution in [3.05, 3.63) is 28.8 Å².